The Balaban J connectivity index is 2.30. The maximum absolute atomic E-state index is 12.3. The van der Waals surface area contributed by atoms with Crippen LogP contribution < -0.4 is 5.56 Å². The maximum Gasteiger partial charge on any atom is 0.327 e. The van der Waals surface area contributed by atoms with Crippen molar-refractivity contribution in [1.29, 1.82) is 0 Å². The number of hydrogen-bond acceptors (Lipinski definition) is 5. The number of aromatic nitrogens is 3. The number of thiophene rings is 1. The Labute approximate surface area is 126 Å². The summed E-state index contributed by atoms with van der Waals surface area (Å²) >= 11 is 13.4. The molecule has 0 aliphatic rings. The van der Waals surface area contributed by atoms with Gasteiger partial charge in [-0.15, -0.1) is 16.4 Å². The molecule has 0 bridgehead atoms. The van der Waals surface area contributed by atoms with E-state index >= 15 is 0 Å². The second-order valence-electron chi connectivity index (χ2n) is 3.97. The first-order chi connectivity index (χ1) is 9.51. The first-order valence-electron chi connectivity index (χ1n) is 5.45. The molecule has 104 valence electrons. The van der Waals surface area contributed by atoms with Crippen LogP contribution in [0.2, 0.25) is 9.62 Å². The zero-order valence-electron chi connectivity index (χ0n) is 10.1. The molecule has 0 aliphatic heterocycles. The van der Waals surface area contributed by atoms with Crippen molar-refractivity contribution in [3.8, 4) is 0 Å². The molecule has 20 heavy (non-hydrogen) atoms. The van der Waals surface area contributed by atoms with Crippen LogP contribution in [0.1, 0.15) is 0 Å². The quantitative estimate of drug-likeness (QED) is 0.675. The maximum atomic E-state index is 12.3. The van der Waals surface area contributed by atoms with Crippen LogP contribution in [0.3, 0.4) is 0 Å². The number of carbonyl (C=O) groups excluding carboxylic acids is 1. The van der Waals surface area contributed by atoms with E-state index in [0.717, 1.165) is 14.9 Å². The van der Waals surface area contributed by atoms with Crippen LogP contribution in [0.15, 0.2) is 16.9 Å². The number of fused-ring (bicyclic) bond motifs is 3. The van der Waals surface area contributed by atoms with Crippen molar-refractivity contribution in [2.75, 3.05) is 7.11 Å². The van der Waals surface area contributed by atoms with Crippen molar-refractivity contribution in [3.63, 3.8) is 0 Å². The molecule has 0 aliphatic carbocycles. The van der Waals surface area contributed by atoms with Crippen LogP contribution in [0.25, 0.3) is 15.7 Å². The summed E-state index contributed by atoms with van der Waals surface area (Å²) in [6.45, 7) is -0.287. The van der Waals surface area contributed by atoms with Crippen molar-refractivity contribution in [1.82, 2.24) is 14.2 Å². The number of ether oxygens (including phenoxy) is 1. The third-order valence-electron chi connectivity index (χ3n) is 2.81. The SMILES string of the molecule is COC(=O)Cn1nc(Cl)n2c(cc3sc(Cl)cc32)c1=O. The van der Waals surface area contributed by atoms with Crippen molar-refractivity contribution in [2.24, 2.45) is 0 Å². The predicted octanol–water partition coefficient (Wildman–Crippen LogP) is 2.19. The lowest BCUT2D eigenvalue weighted by Gasteiger charge is -2.05. The molecule has 0 saturated carbocycles. The largest absolute Gasteiger partial charge is 0.468 e. The summed E-state index contributed by atoms with van der Waals surface area (Å²) in [4.78, 5) is 23.5. The minimum atomic E-state index is -0.573. The highest BCUT2D eigenvalue weighted by atomic mass is 35.5. The fraction of sp³-hybridized carbons (Fsp3) is 0.182. The summed E-state index contributed by atoms with van der Waals surface area (Å²) in [7, 11) is 1.24. The van der Waals surface area contributed by atoms with Crippen molar-refractivity contribution >= 4 is 56.2 Å². The zero-order valence-corrected chi connectivity index (χ0v) is 12.4. The molecule has 0 N–H and O–H groups in total. The first-order valence-corrected chi connectivity index (χ1v) is 7.02. The van der Waals surface area contributed by atoms with Gasteiger partial charge in [0.15, 0.2) is 0 Å². The van der Waals surface area contributed by atoms with Gasteiger partial charge in [-0.05, 0) is 23.7 Å². The molecule has 6 nitrogen and oxygen atoms in total. The van der Waals surface area contributed by atoms with E-state index in [4.69, 9.17) is 23.2 Å². The van der Waals surface area contributed by atoms with E-state index in [0.29, 0.717) is 9.85 Å². The second kappa shape index (κ2) is 4.76. The third-order valence-corrected chi connectivity index (χ3v) is 4.25. The smallest absolute Gasteiger partial charge is 0.327 e. The Morgan fingerprint density at radius 3 is 2.85 bits per heavy atom. The van der Waals surface area contributed by atoms with E-state index in [1.165, 1.54) is 22.8 Å². The Kier molecular flexibility index (Phi) is 3.19. The van der Waals surface area contributed by atoms with Crippen LogP contribution in [0, 0.1) is 0 Å². The lowest BCUT2D eigenvalue weighted by molar-refractivity contribution is -0.141. The number of nitrogens with zero attached hydrogens (tertiary/aromatic N) is 3. The number of esters is 1. The molecular formula is C11H7Cl2N3O3S. The highest BCUT2D eigenvalue weighted by molar-refractivity contribution is 7.22. The van der Waals surface area contributed by atoms with Crippen LogP contribution >= 0.6 is 34.5 Å². The molecule has 9 heteroatoms. The lowest BCUT2D eigenvalue weighted by atomic mass is 10.5. The van der Waals surface area contributed by atoms with Crippen molar-refractivity contribution in [2.45, 2.75) is 6.54 Å². The molecule has 0 aromatic carbocycles. The standard InChI is InChI=1S/C11H7Cl2N3O3S/c1-19-9(17)4-15-10(18)6-2-7-5(3-8(12)20-7)16(6)11(13)14-15/h2-3H,4H2,1H3. The minimum absolute atomic E-state index is 0.0768. The fourth-order valence-electron chi connectivity index (χ4n) is 1.93. The van der Waals surface area contributed by atoms with Crippen molar-refractivity contribution < 1.29 is 9.53 Å². The topological polar surface area (TPSA) is 65.6 Å². The number of rotatable bonds is 2. The van der Waals surface area contributed by atoms with Gasteiger partial charge in [-0.25, -0.2) is 4.68 Å². The van der Waals surface area contributed by atoms with E-state index in [1.807, 2.05) is 0 Å². The molecule has 3 aromatic heterocycles. The van der Waals surface area contributed by atoms with Gasteiger partial charge < -0.3 is 4.74 Å². The van der Waals surface area contributed by atoms with E-state index in [-0.39, 0.29) is 11.8 Å². The van der Waals surface area contributed by atoms with Gasteiger partial charge in [0.05, 0.1) is 21.7 Å². The van der Waals surface area contributed by atoms with Gasteiger partial charge in [-0.2, -0.15) is 0 Å². The van der Waals surface area contributed by atoms with Gasteiger partial charge in [0.25, 0.3) is 5.56 Å². The first kappa shape index (κ1) is 13.4. The Bertz CT molecular complexity index is 896. The van der Waals surface area contributed by atoms with Gasteiger partial charge in [-0.1, -0.05) is 11.6 Å². The molecule has 0 saturated heterocycles. The highest BCUT2D eigenvalue weighted by Crippen LogP contribution is 2.32. The van der Waals surface area contributed by atoms with Gasteiger partial charge in [0, 0.05) is 0 Å². The molecule has 0 atom stereocenters. The number of hydrogen-bond donors (Lipinski definition) is 0. The molecule has 0 radical (unpaired) electrons. The Morgan fingerprint density at radius 1 is 1.40 bits per heavy atom. The summed E-state index contributed by atoms with van der Waals surface area (Å²) in [6, 6.07) is 3.39. The summed E-state index contributed by atoms with van der Waals surface area (Å²) in [5.41, 5.74) is 0.640. The van der Waals surface area contributed by atoms with Gasteiger partial charge >= 0.3 is 5.97 Å². The molecule has 3 heterocycles. The Morgan fingerprint density at radius 2 is 2.15 bits per heavy atom. The van der Waals surface area contributed by atoms with Crippen LogP contribution in [-0.2, 0) is 16.1 Å². The molecule has 0 unspecified atom stereocenters. The van der Waals surface area contributed by atoms with Crippen LogP contribution in [0.4, 0.5) is 0 Å². The lowest BCUT2D eigenvalue weighted by Crippen LogP contribution is -2.29. The molecule has 3 aromatic rings. The van der Waals surface area contributed by atoms with E-state index in [9.17, 15) is 9.59 Å². The second-order valence-corrected chi connectivity index (χ2v) is 6.03. The van der Waals surface area contributed by atoms with E-state index in [1.54, 1.807) is 12.1 Å². The third kappa shape index (κ3) is 1.98. The van der Waals surface area contributed by atoms with Crippen molar-refractivity contribution in [3.05, 3.63) is 32.1 Å². The minimum Gasteiger partial charge on any atom is -0.468 e. The average molecular weight is 332 g/mol. The van der Waals surface area contributed by atoms with Crippen LogP contribution in [0.5, 0.6) is 0 Å². The van der Waals surface area contributed by atoms with Gasteiger partial charge in [0.1, 0.15) is 12.1 Å². The van der Waals surface area contributed by atoms with E-state index < -0.39 is 11.5 Å². The monoisotopic (exact) mass is 331 g/mol. The molecule has 0 spiro atoms. The van der Waals surface area contributed by atoms with Gasteiger partial charge in [-0.3, -0.25) is 14.0 Å². The summed E-state index contributed by atoms with van der Waals surface area (Å²) < 4.78 is 8.43. The molecule has 0 fully saturated rings. The summed E-state index contributed by atoms with van der Waals surface area (Å²) in [6.07, 6.45) is 0. The molecular weight excluding hydrogens is 325 g/mol. The van der Waals surface area contributed by atoms with E-state index in [2.05, 4.69) is 9.84 Å². The summed E-state index contributed by atoms with van der Waals surface area (Å²) in [5, 5.41) is 3.99. The Hall–Kier alpha value is -1.57. The zero-order chi connectivity index (χ0) is 14.4. The molecule has 0 amide bonds. The predicted molar refractivity (Wildman–Crippen MR) is 76.9 cm³/mol. The number of methoxy groups -OCH3 is 1. The summed E-state index contributed by atoms with van der Waals surface area (Å²) in [5.74, 6) is -0.573. The highest BCUT2D eigenvalue weighted by Gasteiger charge is 2.16. The number of halogens is 2. The van der Waals surface area contributed by atoms with Crippen LogP contribution in [-0.4, -0.2) is 27.3 Å². The molecule has 3 rings (SSSR count). The number of carbonyl (C=O) groups is 1. The fourth-order valence-corrected chi connectivity index (χ4v) is 3.37. The normalized spacial score (nSPS) is 11.3. The van der Waals surface area contributed by atoms with Gasteiger partial charge in [0.2, 0.25) is 5.28 Å². The average Bonchev–Trinajstić information content (AvgIpc) is 2.91.